The molecule has 0 radical (unpaired) electrons. The van der Waals surface area contributed by atoms with Gasteiger partial charge in [0.15, 0.2) is 0 Å². The van der Waals surface area contributed by atoms with Gasteiger partial charge in [0.2, 0.25) is 0 Å². The maximum atomic E-state index is 10.9. The number of rotatable bonds is 3. The van der Waals surface area contributed by atoms with Crippen molar-refractivity contribution in [2.75, 3.05) is 18.0 Å². The largest absolute Gasteiger partial charge is 0.481 e. The molecule has 0 aliphatic carbocycles. The molecule has 5 nitrogen and oxygen atoms in total. The summed E-state index contributed by atoms with van der Waals surface area (Å²) in [6.45, 7) is 1.62. The van der Waals surface area contributed by atoms with Gasteiger partial charge in [-0.1, -0.05) is 12.1 Å². The number of piperidine rings is 1. The van der Waals surface area contributed by atoms with Crippen LogP contribution in [-0.4, -0.2) is 34.4 Å². The molecule has 0 bridgehead atoms. The zero-order chi connectivity index (χ0) is 13.9. The fourth-order valence-electron chi connectivity index (χ4n) is 2.66. The molecule has 0 unspecified atom stereocenters. The fourth-order valence-corrected chi connectivity index (χ4v) is 2.66. The van der Waals surface area contributed by atoms with Gasteiger partial charge in [-0.2, -0.15) is 5.10 Å². The monoisotopic (exact) mass is 271 g/mol. The molecule has 1 saturated heterocycles. The lowest BCUT2D eigenvalue weighted by atomic mass is 9.96. The standard InChI is InChI=1S/C15H17N3O2/c19-15(20)12-5-7-18(8-6-12)14-3-1-11(2-4-14)13-9-16-17-10-13/h1-4,9-10,12H,5-8H2,(H,16,17)(H,19,20). The maximum absolute atomic E-state index is 10.9. The molecule has 1 aliphatic heterocycles. The van der Waals surface area contributed by atoms with E-state index in [0.717, 1.165) is 42.7 Å². The average Bonchev–Trinajstić information content (AvgIpc) is 3.02. The van der Waals surface area contributed by atoms with E-state index in [9.17, 15) is 4.79 Å². The Labute approximate surface area is 117 Å². The van der Waals surface area contributed by atoms with E-state index in [1.165, 1.54) is 0 Å². The second kappa shape index (κ2) is 5.36. The zero-order valence-electron chi connectivity index (χ0n) is 11.1. The summed E-state index contributed by atoms with van der Waals surface area (Å²) in [4.78, 5) is 13.2. The van der Waals surface area contributed by atoms with E-state index in [-0.39, 0.29) is 5.92 Å². The topological polar surface area (TPSA) is 69.2 Å². The highest BCUT2D eigenvalue weighted by molar-refractivity contribution is 5.70. The predicted molar refractivity (Wildman–Crippen MR) is 76.6 cm³/mol. The van der Waals surface area contributed by atoms with Crippen LogP contribution in [0.5, 0.6) is 0 Å². The highest BCUT2D eigenvalue weighted by Crippen LogP contribution is 2.26. The molecule has 0 spiro atoms. The number of aromatic amines is 1. The predicted octanol–water partition coefficient (Wildman–Crippen LogP) is 2.38. The number of hydrogen-bond acceptors (Lipinski definition) is 3. The Hall–Kier alpha value is -2.30. The van der Waals surface area contributed by atoms with E-state index in [4.69, 9.17) is 5.11 Å². The summed E-state index contributed by atoms with van der Waals surface area (Å²) in [6, 6.07) is 8.32. The van der Waals surface area contributed by atoms with Gasteiger partial charge < -0.3 is 10.0 Å². The van der Waals surface area contributed by atoms with Crippen LogP contribution in [-0.2, 0) is 4.79 Å². The summed E-state index contributed by atoms with van der Waals surface area (Å²) in [7, 11) is 0. The maximum Gasteiger partial charge on any atom is 0.306 e. The number of benzene rings is 1. The van der Waals surface area contributed by atoms with Gasteiger partial charge in [-0.05, 0) is 30.5 Å². The van der Waals surface area contributed by atoms with Gasteiger partial charge in [-0.15, -0.1) is 0 Å². The van der Waals surface area contributed by atoms with Gasteiger partial charge >= 0.3 is 5.97 Å². The molecule has 1 aromatic heterocycles. The van der Waals surface area contributed by atoms with Crippen molar-refractivity contribution in [1.29, 1.82) is 0 Å². The van der Waals surface area contributed by atoms with Gasteiger partial charge in [0.25, 0.3) is 0 Å². The molecule has 5 heteroatoms. The SMILES string of the molecule is O=C(O)C1CCN(c2ccc(-c3cn[nH]c3)cc2)CC1. The zero-order valence-corrected chi connectivity index (χ0v) is 11.1. The molecule has 1 fully saturated rings. The first-order valence-electron chi connectivity index (χ1n) is 6.81. The van der Waals surface area contributed by atoms with Crippen molar-refractivity contribution in [3.05, 3.63) is 36.7 Å². The summed E-state index contributed by atoms with van der Waals surface area (Å²) in [5.74, 6) is -0.851. The summed E-state index contributed by atoms with van der Waals surface area (Å²) in [5, 5.41) is 15.8. The highest BCUT2D eigenvalue weighted by Gasteiger charge is 2.24. The van der Waals surface area contributed by atoms with E-state index in [1.807, 2.05) is 6.20 Å². The number of aliphatic carboxylic acids is 1. The first kappa shape index (κ1) is 12.7. The minimum Gasteiger partial charge on any atom is -0.481 e. The minimum atomic E-state index is -0.667. The van der Waals surface area contributed by atoms with Crippen molar-refractivity contribution in [2.24, 2.45) is 5.92 Å². The Morgan fingerprint density at radius 2 is 1.90 bits per heavy atom. The lowest BCUT2D eigenvalue weighted by Crippen LogP contribution is -2.36. The Bertz CT molecular complexity index is 570. The minimum absolute atomic E-state index is 0.184. The smallest absolute Gasteiger partial charge is 0.306 e. The third-order valence-corrected chi connectivity index (χ3v) is 3.91. The van der Waals surface area contributed by atoms with Crippen molar-refractivity contribution in [1.82, 2.24) is 10.2 Å². The summed E-state index contributed by atoms with van der Waals surface area (Å²) < 4.78 is 0. The third-order valence-electron chi connectivity index (χ3n) is 3.91. The van der Waals surface area contributed by atoms with Gasteiger partial charge in [0.05, 0.1) is 12.1 Å². The summed E-state index contributed by atoms with van der Waals surface area (Å²) in [5.41, 5.74) is 3.35. The number of hydrogen-bond donors (Lipinski definition) is 2. The number of nitrogens with one attached hydrogen (secondary N) is 1. The van der Waals surface area contributed by atoms with Gasteiger partial charge in [-0.3, -0.25) is 9.89 Å². The number of carboxylic acids is 1. The first-order chi connectivity index (χ1) is 9.74. The van der Waals surface area contributed by atoms with Gasteiger partial charge in [0.1, 0.15) is 0 Å². The number of carboxylic acid groups (broad SMARTS) is 1. The molecule has 1 aromatic carbocycles. The Morgan fingerprint density at radius 1 is 1.20 bits per heavy atom. The van der Waals surface area contributed by atoms with Crippen LogP contribution < -0.4 is 4.90 Å². The number of H-pyrrole nitrogens is 1. The van der Waals surface area contributed by atoms with Crippen molar-refractivity contribution >= 4 is 11.7 Å². The normalized spacial score (nSPS) is 16.3. The molecule has 104 valence electrons. The van der Waals surface area contributed by atoms with E-state index in [0.29, 0.717) is 0 Å². The van der Waals surface area contributed by atoms with E-state index in [1.54, 1.807) is 6.20 Å². The molecule has 2 N–H and O–H groups in total. The number of carbonyl (C=O) groups is 1. The molecule has 0 amide bonds. The van der Waals surface area contributed by atoms with E-state index < -0.39 is 5.97 Å². The molecule has 20 heavy (non-hydrogen) atoms. The number of anilines is 1. The second-order valence-corrected chi connectivity index (χ2v) is 5.13. The van der Waals surface area contributed by atoms with Crippen LogP contribution in [0.15, 0.2) is 36.7 Å². The van der Waals surface area contributed by atoms with Crippen LogP contribution in [0.2, 0.25) is 0 Å². The van der Waals surface area contributed by atoms with Crippen molar-refractivity contribution < 1.29 is 9.90 Å². The molecular formula is C15H17N3O2. The van der Waals surface area contributed by atoms with Crippen LogP contribution in [0, 0.1) is 5.92 Å². The Balaban J connectivity index is 1.68. The Kier molecular flexibility index (Phi) is 3.41. The molecule has 0 atom stereocenters. The first-order valence-corrected chi connectivity index (χ1v) is 6.81. The quantitative estimate of drug-likeness (QED) is 0.899. The summed E-state index contributed by atoms with van der Waals surface area (Å²) in [6.07, 6.45) is 5.11. The summed E-state index contributed by atoms with van der Waals surface area (Å²) >= 11 is 0. The molecule has 2 aromatic rings. The third kappa shape index (κ3) is 2.52. The van der Waals surface area contributed by atoms with Crippen LogP contribution in [0.4, 0.5) is 5.69 Å². The van der Waals surface area contributed by atoms with Crippen LogP contribution in [0.3, 0.4) is 0 Å². The van der Waals surface area contributed by atoms with Crippen LogP contribution in [0.25, 0.3) is 11.1 Å². The molecule has 0 saturated carbocycles. The fraction of sp³-hybridized carbons (Fsp3) is 0.333. The molecule has 3 rings (SSSR count). The number of nitrogens with zero attached hydrogens (tertiary/aromatic N) is 2. The van der Waals surface area contributed by atoms with Gasteiger partial charge in [0, 0.05) is 30.5 Å². The Morgan fingerprint density at radius 3 is 2.45 bits per heavy atom. The lowest BCUT2D eigenvalue weighted by molar-refractivity contribution is -0.142. The highest BCUT2D eigenvalue weighted by atomic mass is 16.4. The molecule has 1 aliphatic rings. The van der Waals surface area contributed by atoms with Gasteiger partial charge in [-0.25, -0.2) is 0 Å². The van der Waals surface area contributed by atoms with E-state index >= 15 is 0 Å². The molecular weight excluding hydrogens is 254 g/mol. The average molecular weight is 271 g/mol. The van der Waals surface area contributed by atoms with Crippen LogP contribution >= 0.6 is 0 Å². The second-order valence-electron chi connectivity index (χ2n) is 5.13. The number of aromatic nitrogens is 2. The molecule has 2 heterocycles. The van der Waals surface area contributed by atoms with Crippen molar-refractivity contribution in [3.8, 4) is 11.1 Å². The van der Waals surface area contributed by atoms with E-state index in [2.05, 4.69) is 39.4 Å². The lowest BCUT2D eigenvalue weighted by Gasteiger charge is -2.32. The van der Waals surface area contributed by atoms with Crippen LogP contribution in [0.1, 0.15) is 12.8 Å². The van der Waals surface area contributed by atoms with Crippen molar-refractivity contribution in [3.63, 3.8) is 0 Å². The van der Waals surface area contributed by atoms with Crippen molar-refractivity contribution in [2.45, 2.75) is 12.8 Å².